The summed E-state index contributed by atoms with van der Waals surface area (Å²) in [4.78, 5) is 0. The number of ether oxygens (including phenoxy) is 2. The van der Waals surface area contributed by atoms with Crippen LogP contribution in [0.4, 0.5) is 0 Å². The summed E-state index contributed by atoms with van der Waals surface area (Å²) >= 11 is 1.60. The lowest BCUT2D eigenvalue weighted by Gasteiger charge is -2.08. The molecule has 1 aromatic rings. The minimum absolute atomic E-state index is 0.264. The van der Waals surface area contributed by atoms with E-state index in [-0.39, 0.29) is 6.04 Å². The summed E-state index contributed by atoms with van der Waals surface area (Å²) in [5.74, 6) is 0. The van der Waals surface area contributed by atoms with Crippen molar-refractivity contribution in [1.29, 1.82) is 0 Å². The lowest BCUT2D eigenvalue weighted by molar-refractivity contribution is 0.0613. The Labute approximate surface area is 107 Å². The Bertz CT molecular complexity index is 307. The number of methoxy groups -OCH3 is 1. The maximum Gasteiger partial charge on any atom is 0.143 e. The molecule has 5 nitrogen and oxygen atoms in total. The van der Waals surface area contributed by atoms with E-state index in [1.165, 1.54) is 0 Å². The van der Waals surface area contributed by atoms with Gasteiger partial charge in [-0.25, -0.2) is 0 Å². The second-order valence-corrected chi connectivity index (χ2v) is 4.85. The topological polar surface area (TPSA) is 56.3 Å². The Balaban J connectivity index is 2.31. The van der Waals surface area contributed by atoms with Crippen LogP contribution in [0.2, 0.25) is 0 Å². The van der Waals surface area contributed by atoms with Crippen LogP contribution in [0.15, 0.2) is 0 Å². The number of aromatic nitrogens is 2. The molecular weight excluding hydrogens is 238 g/mol. The highest BCUT2D eigenvalue weighted by atomic mass is 32.1. The lowest BCUT2D eigenvalue weighted by Crippen LogP contribution is -2.19. The Morgan fingerprint density at radius 3 is 2.88 bits per heavy atom. The van der Waals surface area contributed by atoms with Gasteiger partial charge in [-0.1, -0.05) is 18.3 Å². The van der Waals surface area contributed by atoms with Gasteiger partial charge in [0.15, 0.2) is 0 Å². The Hall–Kier alpha value is -0.560. The summed E-state index contributed by atoms with van der Waals surface area (Å²) in [5.41, 5.74) is 0. The molecule has 1 aromatic heterocycles. The quantitative estimate of drug-likeness (QED) is 0.685. The van der Waals surface area contributed by atoms with E-state index in [2.05, 4.69) is 29.4 Å². The number of nitrogens with one attached hydrogen (secondary N) is 1. The molecule has 17 heavy (non-hydrogen) atoms. The number of nitrogens with zero attached hydrogens (tertiary/aromatic N) is 2. The van der Waals surface area contributed by atoms with E-state index in [9.17, 15) is 0 Å². The monoisotopic (exact) mass is 259 g/mol. The SMILES string of the molecule is CCCNC(C)c1nnc(COCCOC)s1. The van der Waals surface area contributed by atoms with Crippen molar-refractivity contribution in [2.75, 3.05) is 26.9 Å². The molecule has 0 fully saturated rings. The molecule has 0 aliphatic heterocycles. The van der Waals surface area contributed by atoms with Crippen molar-refractivity contribution < 1.29 is 9.47 Å². The summed E-state index contributed by atoms with van der Waals surface area (Å²) in [7, 11) is 1.66. The first-order chi connectivity index (χ1) is 8.27. The highest BCUT2D eigenvalue weighted by Gasteiger charge is 2.10. The summed E-state index contributed by atoms with van der Waals surface area (Å²) in [6.45, 7) is 6.97. The maximum absolute atomic E-state index is 5.40. The van der Waals surface area contributed by atoms with Crippen molar-refractivity contribution >= 4 is 11.3 Å². The molecule has 6 heteroatoms. The van der Waals surface area contributed by atoms with E-state index in [0.717, 1.165) is 23.0 Å². The molecule has 0 saturated carbocycles. The average molecular weight is 259 g/mol. The molecule has 0 aromatic carbocycles. The van der Waals surface area contributed by atoms with Crippen LogP contribution in [-0.4, -0.2) is 37.1 Å². The van der Waals surface area contributed by atoms with Crippen LogP contribution in [0.25, 0.3) is 0 Å². The van der Waals surface area contributed by atoms with Gasteiger partial charge in [0.05, 0.1) is 19.3 Å². The third-order valence-electron chi connectivity index (χ3n) is 2.21. The van der Waals surface area contributed by atoms with Gasteiger partial charge in [-0.2, -0.15) is 0 Å². The Kier molecular flexibility index (Phi) is 7.27. The molecule has 1 atom stereocenters. The van der Waals surface area contributed by atoms with E-state index >= 15 is 0 Å². The highest BCUT2D eigenvalue weighted by Crippen LogP contribution is 2.18. The van der Waals surface area contributed by atoms with Gasteiger partial charge in [-0.15, -0.1) is 10.2 Å². The predicted molar refractivity (Wildman–Crippen MR) is 68.1 cm³/mol. The molecule has 0 aliphatic carbocycles. The van der Waals surface area contributed by atoms with Crippen LogP contribution < -0.4 is 5.32 Å². The molecule has 0 spiro atoms. The summed E-state index contributed by atoms with van der Waals surface area (Å²) < 4.78 is 10.3. The first-order valence-corrected chi connectivity index (χ1v) is 6.72. The second-order valence-electron chi connectivity index (χ2n) is 3.76. The maximum atomic E-state index is 5.40. The van der Waals surface area contributed by atoms with E-state index in [4.69, 9.17) is 9.47 Å². The fraction of sp³-hybridized carbons (Fsp3) is 0.818. The van der Waals surface area contributed by atoms with Gasteiger partial charge < -0.3 is 14.8 Å². The van der Waals surface area contributed by atoms with Gasteiger partial charge >= 0.3 is 0 Å². The summed E-state index contributed by atoms with van der Waals surface area (Å²) in [6, 6.07) is 0.264. The highest BCUT2D eigenvalue weighted by molar-refractivity contribution is 7.11. The smallest absolute Gasteiger partial charge is 0.143 e. The van der Waals surface area contributed by atoms with E-state index < -0.39 is 0 Å². The van der Waals surface area contributed by atoms with Crippen molar-refractivity contribution in [3.63, 3.8) is 0 Å². The van der Waals surface area contributed by atoms with Gasteiger partial charge in [-0.05, 0) is 19.9 Å². The van der Waals surface area contributed by atoms with Crippen LogP contribution in [0.5, 0.6) is 0 Å². The van der Waals surface area contributed by atoms with Crippen LogP contribution in [-0.2, 0) is 16.1 Å². The number of rotatable bonds is 9. The zero-order valence-corrected chi connectivity index (χ0v) is 11.5. The number of hydrogen-bond acceptors (Lipinski definition) is 6. The van der Waals surface area contributed by atoms with E-state index in [1.807, 2.05) is 0 Å². The lowest BCUT2D eigenvalue weighted by atomic mass is 10.3. The van der Waals surface area contributed by atoms with Crippen molar-refractivity contribution in [2.24, 2.45) is 0 Å². The molecule has 0 saturated heterocycles. The molecule has 1 unspecified atom stereocenters. The van der Waals surface area contributed by atoms with E-state index in [1.54, 1.807) is 18.4 Å². The molecule has 1 heterocycles. The third-order valence-corrected chi connectivity index (χ3v) is 3.29. The molecule has 0 radical (unpaired) electrons. The van der Waals surface area contributed by atoms with Gasteiger partial charge in [0.2, 0.25) is 0 Å². The summed E-state index contributed by atoms with van der Waals surface area (Å²) in [5, 5.41) is 13.6. The normalized spacial score (nSPS) is 12.9. The van der Waals surface area contributed by atoms with Gasteiger partial charge in [0, 0.05) is 7.11 Å². The van der Waals surface area contributed by atoms with Gasteiger partial charge in [0.25, 0.3) is 0 Å². The molecule has 0 bridgehead atoms. The molecule has 98 valence electrons. The van der Waals surface area contributed by atoms with Crippen molar-refractivity contribution in [1.82, 2.24) is 15.5 Å². The largest absolute Gasteiger partial charge is 0.382 e. The zero-order chi connectivity index (χ0) is 12.5. The fourth-order valence-corrected chi connectivity index (χ4v) is 2.06. The molecular formula is C11H21N3O2S. The molecule has 0 amide bonds. The first-order valence-electron chi connectivity index (χ1n) is 5.90. The molecule has 1 rings (SSSR count). The van der Waals surface area contributed by atoms with Crippen LogP contribution in [0.1, 0.15) is 36.3 Å². The standard InChI is InChI=1S/C11H21N3O2S/c1-4-5-12-9(2)11-14-13-10(17-11)8-16-7-6-15-3/h9,12H,4-8H2,1-3H3. The minimum atomic E-state index is 0.264. The fourth-order valence-electron chi connectivity index (χ4n) is 1.25. The van der Waals surface area contributed by atoms with Gasteiger partial charge in [0.1, 0.15) is 16.6 Å². The van der Waals surface area contributed by atoms with E-state index in [0.29, 0.717) is 19.8 Å². The van der Waals surface area contributed by atoms with Crippen molar-refractivity contribution in [2.45, 2.75) is 32.9 Å². The van der Waals surface area contributed by atoms with Crippen LogP contribution in [0, 0.1) is 0 Å². The first kappa shape index (κ1) is 14.5. The molecule has 0 aliphatic rings. The van der Waals surface area contributed by atoms with Crippen molar-refractivity contribution in [3.8, 4) is 0 Å². The van der Waals surface area contributed by atoms with Crippen LogP contribution in [0.3, 0.4) is 0 Å². The Morgan fingerprint density at radius 1 is 1.35 bits per heavy atom. The predicted octanol–water partition coefficient (Wildman–Crippen LogP) is 1.76. The minimum Gasteiger partial charge on any atom is -0.382 e. The van der Waals surface area contributed by atoms with Crippen LogP contribution >= 0.6 is 11.3 Å². The Morgan fingerprint density at radius 2 is 2.18 bits per heavy atom. The third kappa shape index (κ3) is 5.54. The zero-order valence-electron chi connectivity index (χ0n) is 10.7. The summed E-state index contributed by atoms with van der Waals surface area (Å²) in [6.07, 6.45) is 1.12. The van der Waals surface area contributed by atoms with Gasteiger partial charge in [-0.3, -0.25) is 0 Å². The van der Waals surface area contributed by atoms with Crippen molar-refractivity contribution in [3.05, 3.63) is 10.0 Å². The molecule has 1 N–H and O–H groups in total. The second kappa shape index (κ2) is 8.52. The average Bonchev–Trinajstić information content (AvgIpc) is 2.80. The number of hydrogen-bond donors (Lipinski definition) is 1.